The van der Waals surface area contributed by atoms with Crippen LogP contribution in [0, 0.1) is 34.5 Å². The smallest absolute Gasteiger partial charge is 0.145 e. The van der Waals surface area contributed by atoms with Gasteiger partial charge in [0.2, 0.25) is 0 Å². The van der Waals surface area contributed by atoms with Crippen LogP contribution in [-0.2, 0) is 4.79 Å². The minimum absolute atomic E-state index is 0.124. The van der Waals surface area contributed by atoms with Crippen molar-refractivity contribution in [2.45, 2.75) is 136 Å². The van der Waals surface area contributed by atoms with E-state index in [1.165, 1.54) is 122 Å². The fourth-order valence-corrected chi connectivity index (χ4v) is 8.50. The summed E-state index contributed by atoms with van der Waals surface area (Å²) in [5.74, 6) is 4.38. The molecule has 0 saturated heterocycles. The van der Waals surface area contributed by atoms with Crippen molar-refractivity contribution in [3.63, 3.8) is 0 Å². The Morgan fingerprint density at radius 1 is 0.828 bits per heavy atom. The van der Waals surface area contributed by atoms with Crippen molar-refractivity contribution >= 4 is 5.78 Å². The van der Waals surface area contributed by atoms with E-state index in [2.05, 4.69) is 13.8 Å². The first-order valence-electron chi connectivity index (χ1n) is 13.7. The molecule has 4 aliphatic rings. The Hall–Kier alpha value is -0.330. The molecule has 0 unspecified atom stereocenters. The second-order valence-electron chi connectivity index (χ2n) is 11.8. The first kappa shape index (κ1) is 21.9. The van der Waals surface area contributed by atoms with Gasteiger partial charge in [-0.15, -0.1) is 0 Å². The summed E-state index contributed by atoms with van der Waals surface area (Å²) in [4.78, 5) is 13.6. The molecule has 0 amide bonds. The van der Waals surface area contributed by atoms with Crippen LogP contribution in [0.5, 0.6) is 0 Å². The Morgan fingerprint density at radius 2 is 1.59 bits per heavy atom. The minimum atomic E-state index is 0.124. The van der Waals surface area contributed by atoms with E-state index >= 15 is 0 Å². The normalized spacial score (nSPS) is 39.6. The summed E-state index contributed by atoms with van der Waals surface area (Å²) in [5, 5.41) is 0. The minimum Gasteiger partial charge on any atom is -0.298 e. The van der Waals surface area contributed by atoms with Crippen LogP contribution in [0.3, 0.4) is 0 Å². The summed E-state index contributed by atoms with van der Waals surface area (Å²) in [5.41, 5.74) is 0.271. The van der Waals surface area contributed by atoms with Crippen molar-refractivity contribution in [1.82, 2.24) is 0 Å². The van der Waals surface area contributed by atoms with Crippen molar-refractivity contribution in [3.05, 3.63) is 0 Å². The molecule has 2 spiro atoms. The number of hydrogen-bond acceptors (Lipinski definition) is 1. The van der Waals surface area contributed by atoms with Gasteiger partial charge in [-0.05, 0) is 75.0 Å². The van der Waals surface area contributed by atoms with Gasteiger partial charge in [0.05, 0.1) is 0 Å². The number of ketones is 1. The molecular formula is C28H48O. The topological polar surface area (TPSA) is 17.1 Å². The van der Waals surface area contributed by atoms with E-state index in [0.717, 1.165) is 23.5 Å². The van der Waals surface area contributed by atoms with Crippen LogP contribution in [0.1, 0.15) is 136 Å². The third-order valence-electron chi connectivity index (χ3n) is 10.2. The maximum Gasteiger partial charge on any atom is 0.145 e. The standard InChI is InChI=1S/C28H48O/c1-3-5-6-8-11-22-12-14-23(15-13-22)24-16-19-28(25(4-2)20-24)21-27(26(28)29)17-9-7-10-18-27/h22-25H,3-21H2,1-2H3/t22?,23?,24-,25+,28+/m1/s1. The molecule has 1 nitrogen and oxygen atoms in total. The molecular weight excluding hydrogens is 352 g/mol. The third-order valence-corrected chi connectivity index (χ3v) is 10.2. The van der Waals surface area contributed by atoms with Crippen LogP contribution in [0.15, 0.2) is 0 Å². The van der Waals surface area contributed by atoms with E-state index in [4.69, 9.17) is 0 Å². The van der Waals surface area contributed by atoms with Crippen LogP contribution in [0.4, 0.5) is 0 Å². The molecule has 0 aliphatic heterocycles. The Morgan fingerprint density at radius 3 is 2.24 bits per heavy atom. The molecule has 166 valence electrons. The van der Waals surface area contributed by atoms with Gasteiger partial charge in [0, 0.05) is 10.8 Å². The summed E-state index contributed by atoms with van der Waals surface area (Å²) in [7, 11) is 0. The maximum absolute atomic E-state index is 13.6. The largest absolute Gasteiger partial charge is 0.298 e. The molecule has 0 aromatic heterocycles. The Labute approximate surface area is 181 Å². The summed E-state index contributed by atoms with van der Waals surface area (Å²) >= 11 is 0. The number of Topliss-reactive ketones (excluding diaryl/α,β-unsaturated/α-hetero) is 1. The fourth-order valence-electron chi connectivity index (χ4n) is 8.50. The molecule has 0 radical (unpaired) electrons. The zero-order chi connectivity index (χ0) is 20.3. The summed E-state index contributed by atoms with van der Waals surface area (Å²) in [6, 6.07) is 0. The monoisotopic (exact) mass is 400 g/mol. The van der Waals surface area contributed by atoms with Crippen LogP contribution in [0.25, 0.3) is 0 Å². The predicted molar refractivity (Wildman–Crippen MR) is 123 cm³/mol. The van der Waals surface area contributed by atoms with Crippen LogP contribution < -0.4 is 0 Å². The van der Waals surface area contributed by atoms with Gasteiger partial charge in [-0.2, -0.15) is 0 Å². The molecule has 0 N–H and O–H groups in total. The Bertz CT molecular complexity index is 537. The van der Waals surface area contributed by atoms with Crippen LogP contribution in [-0.4, -0.2) is 5.78 Å². The average molecular weight is 401 g/mol. The van der Waals surface area contributed by atoms with Crippen molar-refractivity contribution < 1.29 is 4.79 Å². The molecule has 0 heterocycles. The number of carbonyl (C=O) groups excluding carboxylic acids is 1. The first-order valence-corrected chi connectivity index (χ1v) is 13.7. The van der Waals surface area contributed by atoms with Gasteiger partial charge in [0.25, 0.3) is 0 Å². The lowest BCUT2D eigenvalue weighted by atomic mass is 9.40. The highest BCUT2D eigenvalue weighted by atomic mass is 16.1. The number of unbranched alkanes of at least 4 members (excludes halogenated alkanes) is 3. The summed E-state index contributed by atoms with van der Waals surface area (Å²) in [6.07, 6.45) is 26.1. The molecule has 29 heavy (non-hydrogen) atoms. The lowest BCUT2D eigenvalue weighted by molar-refractivity contribution is -0.177. The highest BCUT2D eigenvalue weighted by Crippen LogP contribution is 2.66. The lowest BCUT2D eigenvalue weighted by Crippen LogP contribution is -2.62. The van der Waals surface area contributed by atoms with Crippen LogP contribution in [0.2, 0.25) is 0 Å². The van der Waals surface area contributed by atoms with Gasteiger partial charge in [-0.1, -0.05) is 84.5 Å². The second-order valence-corrected chi connectivity index (χ2v) is 11.8. The molecule has 4 rings (SSSR count). The second kappa shape index (κ2) is 9.44. The van der Waals surface area contributed by atoms with E-state index in [-0.39, 0.29) is 10.8 Å². The quantitative estimate of drug-likeness (QED) is 0.391. The van der Waals surface area contributed by atoms with Gasteiger partial charge >= 0.3 is 0 Å². The number of carbonyl (C=O) groups is 1. The van der Waals surface area contributed by atoms with Gasteiger partial charge in [0.15, 0.2) is 0 Å². The number of rotatable bonds is 7. The van der Waals surface area contributed by atoms with Crippen molar-refractivity contribution in [2.24, 2.45) is 34.5 Å². The molecule has 0 aromatic rings. The molecule has 0 bridgehead atoms. The predicted octanol–water partition coefficient (Wildman–Crippen LogP) is 8.50. The molecule has 4 fully saturated rings. The zero-order valence-electron chi connectivity index (χ0n) is 19.7. The summed E-state index contributed by atoms with van der Waals surface area (Å²) < 4.78 is 0. The zero-order valence-corrected chi connectivity index (χ0v) is 19.7. The van der Waals surface area contributed by atoms with Gasteiger partial charge in [-0.25, -0.2) is 0 Å². The van der Waals surface area contributed by atoms with Gasteiger partial charge < -0.3 is 0 Å². The fraction of sp³-hybridized carbons (Fsp3) is 0.964. The first-order chi connectivity index (χ1) is 14.1. The number of hydrogen-bond donors (Lipinski definition) is 0. The van der Waals surface area contributed by atoms with E-state index in [1.807, 2.05) is 0 Å². The van der Waals surface area contributed by atoms with Gasteiger partial charge in [-0.3, -0.25) is 4.79 Å². The SMILES string of the molecule is CCCCCCC1CCC([C@@H]2CC[C@]3(CC4(CCCCC4)C3=O)[C@@H](CC)C2)CC1. The molecule has 3 atom stereocenters. The summed E-state index contributed by atoms with van der Waals surface area (Å²) in [6.45, 7) is 4.69. The molecule has 0 aromatic carbocycles. The van der Waals surface area contributed by atoms with E-state index < -0.39 is 0 Å². The van der Waals surface area contributed by atoms with E-state index in [0.29, 0.717) is 5.92 Å². The van der Waals surface area contributed by atoms with E-state index in [1.54, 1.807) is 0 Å². The molecule has 4 aliphatic carbocycles. The van der Waals surface area contributed by atoms with Crippen LogP contribution >= 0.6 is 0 Å². The van der Waals surface area contributed by atoms with Crippen molar-refractivity contribution in [3.8, 4) is 0 Å². The Kier molecular flexibility index (Phi) is 7.12. The molecule has 1 heteroatoms. The lowest BCUT2D eigenvalue weighted by Gasteiger charge is -2.62. The average Bonchev–Trinajstić information content (AvgIpc) is 2.78. The van der Waals surface area contributed by atoms with E-state index in [9.17, 15) is 4.79 Å². The van der Waals surface area contributed by atoms with Crippen molar-refractivity contribution in [1.29, 1.82) is 0 Å². The maximum atomic E-state index is 13.6. The van der Waals surface area contributed by atoms with Crippen molar-refractivity contribution in [2.75, 3.05) is 0 Å². The highest BCUT2D eigenvalue weighted by molar-refractivity contribution is 5.97. The third kappa shape index (κ3) is 4.23. The Balaban J connectivity index is 1.27. The molecule has 4 saturated carbocycles. The highest BCUT2D eigenvalue weighted by Gasteiger charge is 2.65. The van der Waals surface area contributed by atoms with Gasteiger partial charge in [0.1, 0.15) is 5.78 Å².